The summed E-state index contributed by atoms with van der Waals surface area (Å²) in [7, 11) is 1.49. The number of hydrogen-bond acceptors (Lipinski definition) is 4. The average Bonchev–Trinajstić information content (AvgIpc) is 2.25. The van der Waals surface area contributed by atoms with Crippen LogP contribution in [0.15, 0.2) is 24.3 Å². The van der Waals surface area contributed by atoms with Gasteiger partial charge in [0.15, 0.2) is 0 Å². The highest BCUT2D eigenvalue weighted by atomic mass is 17.2. The Morgan fingerprint density at radius 2 is 1.80 bits per heavy atom. The highest BCUT2D eigenvalue weighted by Crippen LogP contribution is 2.18. The van der Waals surface area contributed by atoms with Crippen LogP contribution in [0.25, 0.3) is 0 Å². The summed E-state index contributed by atoms with van der Waals surface area (Å²) in [5, 5.41) is 0. The van der Waals surface area contributed by atoms with E-state index in [4.69, 9.17) is 4.74 Å². The molecule has 0 aliphatic rings. The summed E-state index contributed by atoms with van der Waals surface area (Å²) in [6.07, 6.45) is 0.554. The first-order chi connectivity index (χ1) is 7.15. The van der Waals surface area contributed by atoms with E-state index in [-0.39, 0.29) is 0 Å². The van der Waals surface area contributed by atoms with E-state index in [0.29, 0.717) is 17.4 Å². The Morgan fingerprint density at radius 1 is 1.13 bits per heavy atom. The van der Waals surface area contributed by atoms with Gasteiger partial charge in [0.25, 0.3) is 0 Å². The fourth-order valence-corrected chi connectivity index (χ4v) is 0.979. The lowest BCUT2D eigenvalue weighted by Crippen LogP contribution is -2.08. The van der Waals surface area contributed by atoms with Crippen LogP contribution in [0.4, 0.5) is 0 Å². The van der Waals surface area contributed by atoms with E-state index in [2.05, 4.69) is 9.78 Å². The minimum absolute atomic E-state index is 0.334. The van der Waals surface area contributed by atoms with Gasteiger partial charge >= 0.3 is 5.97 Å². The second kappa shape index (κ2) is 5.36. The quantitative estimate of drug-likeness (QED) is 0.564. The fraction of sp³-hybridized carbons (Fsp3) is 0.273. The Balaban J connectivity index is 2.72. The smallest absolute Gasteiger partial charge is 0.376 e. The largest absolute Gasteiger partial charge is 0.496 e. The Bertz CT molecular complexity index is 333. The van der Waals surface area contributed by atoms with Crippen molar-refractivity contribution in [3.05, 3.63) is 35.9 Å². The molecule has 0 aliphatic carbocycles. The molecule has 0 saturated heterocycles. The molecule has 0 heterocycles. The first-order valence-corrected chi connectivity index (χ1v) is 4.47. The van der Waals surface area contributed by atoms with Gasteiger partial charge in [-0.2, -0.15) is 4.89 Å². The lowest BCUT2D eigenvalue weighted by molar-refractivity contribution is -0.229. The van der Waals surface area contributed by atoms with Gasteiger partial charge in [-0.15, -0.1) is 0 Å². The van der Waals surface area contributed by atoms with Gasteiger partial charge in [0.05, 0.1) is 7.11 Å². The van der Waals surface area contributed by atoms with Crippen molar-refractivity contribution in [2.75, 3.05) is 7.11 Å². The van der Waals surface area contributed by atoms with Gasteiger partial charge in [-0.25, -0.2) is 4.79 Å². The first kappa shape index (κ1) is 11.5. The Labute approximate surface area is 88.7 Å². The van der Waals surface area contributed by atoms with Gasteiger partial charge in [-0.05, 0) is 26.0 Å². The minimum atomic E-state index is -0.575. The molecule has 0 amide bonds. The predicted octanol–water partition coefficient (Wildman–Crippen LogP) is 2.36. The highest BCUT2D eigenvalue weighted by Gasteiger charge is 2.14. The van der Waals surface area contributed by atoms with Crippen LogP contribution >= 0.6 is 0 Å². The monoisotopic (exact) mass is 209 g/mol. The lowest BCUT2D eigenvalue weighted by Gasteiger charge is -2.08. The molecule has 15 heavy (non-hydrogen) atoms. The lowest BCUT2D eigenvalue weighted by atomic mass is 10.2. The molecule has 0 unspecified atom stereocenters. The number of carbonyl (C=O) groups is 1. The van der Waals surface area contributed by atoms with Gasteiger partial charge in [-0.1, -0.05) is 12.1 Å². The standard InChI is InChI=1S/C11H13O4/c1-8(2)14-15-11(12)9-6-4-5-7-10(9)13-3/h4-7H,1-3H3. The number of ether oxygens (including phenoxy) is 1. The Hall–Kier alpha value is -1.55. The summed E-state index contributed by atoms with van der Waals surface area (Å²) in [5.41, 5.74) is 0.334. The zero-order chi connectivity index (χ0) is 11.3. The molecule has 0 atom stereocenters. The Morgan fingerprint density at radius 3 is 2.40 bits per heavy atom. The van der Waals surface area contributed by atoms with Crippen LogP contribution in [0.2, 0.25) is 0 Å². The van der Waals surface area contributed by atoms with Crippen LogP contribution in [-0.4, -0.2) is 13.1 Å². The molecule has 0 saturated carbocycles. The average molecular weight is 209 g/mol. The van der Waals surface area contributed by atoms with E-state index in [0.717, 1.165) is 0 Å². The van der Waals surface area contributed by atoms with Crippen LogP contribution in [0.3, 0.4) is 0 Å². The van der Waals surface area contributed by atoms with Crippen molar-refractivity contribution in [1.82, 2.24) is 0 Å². The number of methoxy groups -OCH3 is 1. The summed E-state index contributed by atoms with van der Waals surface area (Å²) in [6.45, 7) is 3.38. The fourth-order valence-electron chi connectivity index (χ4n) is 0.979. The van der Waals surface area contributed by atoms with E-state index in [1.165, 1.54) is 7.11 Å². The van der Waals surface area contributed by atoms with Gasteiger partial charge < -0.3 is 4.74 Å². The number of para-hydroxylation sites is 1. The van der Waals surface area contributed by atoms with Crippen molar-refractivity contribution >= 4 is 5.97 Å². The topological polar surface area (TPSA) is 44.8 Å². The first-order valence-electron chi connectivity index (χ1n) is 4.47. The maximum Gasteiger partial charge on any atom is 0.376 e. The van der Waals surface area contributed by atoms with E-state index in [9.17, 15) is 4.79 Å². The molecule has 0 bridgehead atoms. The van der Waals surface area contributed by atoms with Crippen molar-refractivity contribution in [2.24, 2.45) is 0 Å². The molecular weight excluding hydrogens is 196 g/mol. The molecule has 0 aliphatic heterocycles. The van der Waals surface area contributed by atoms with Crippen molar-refractivity contribution < 1.29 is 19.3 Å². The van der Waals surface area contributed by atoms with E-state index < -0.39 is 5.97 Å². The summed E-state index contributed by atoms with van der Waals surface area (Å²) in [4.78, 5) is 20.7. The number of benzene rings is 1. The van der Waals surface area contributed by atoms with Crippen LogP contribution in [-0.2, 0) is 9.78 Å². The summed E-state index contributed by atoms with van der Waals surface area (Å²) < 4.78 is 5.01. The third-order valence-corrected chi connectivity index (χ3v) is 1.61. The minimum Gasteiger partial charge on any atom is -0.496 e. The van der Waals surface area contributed by atoms with Crippen molar-refractivity contribution in [2.45, 2.75) is 13.8 Å². The van der Waals surface area contributed by atoms with Gasteiger partial charge in [-0.3, -0.25) is 4.89 Å². The maximum atomic E-state index is 11.5. The molecule has 4 nitrogen and oxygen atoms in total. The second-order valence-corrected chi connectivity index (χ2v) is 3.06. The molecule has 1 aromatic carbocycles. The van der Waals surface area contributed by atoms with Crippen molar-refractivity contribution in [1.29, 1.82) is 0 Å². The van der Waals surface area contributed by atoms with Gasteiger partial charge in [0.1, 0.15) is 17.4 Å². The van der Waals surface area contributed by atoms with Gasteiger partial charge in [0.2, 0.25) is 0 Å². The zero-order valence-electron chi connectivity index (χ0n) is 8.94. The molecule has 0 N–H and O–H groups in total. The second-order valence-electron chi connectivity index (χ2n) is 3.06. The molecule has 0 fully saturated rings. The molecule has 0 spiro atoms. The number of rotatable bonds is 4. The maximum absolute atomic E-state index is 11.5. The third kappa shape index (κ3) is 3.25. The van der Waals surface area contributed by atoms with Crippen LogP contribution in [0.1, 0.15) is 24.2 Å². The Kier molecular flexibility index (Phi) is 4.12. The third-order valence-electron chi connectivity index (χ3n) is 1.61. The number of hydrogen-bond donors (Lipinski definition) is 0. The molecule has 1 rings (SSSR count). The zero-order valence-corrected chi connectivity index (χ0v) is 8.94. The van der Waals surface area contributed by atoms with Crippen LogP contribution in [0.5, 0.6) is 5.75 Å². The van der Waals surface area contributed by atoms with Crippen LogP contribution < -0.4 is 4.74 Å². The van der Waals surface area contributed by atoms with Crippen molar-refractivity contribution in [3.8, 4) is 5.75 Å². The summed E-state index contributed by atoms with van der Waals surface area (Å²) in [5.74, 6) is -0.117. The summed E-state index contributed by atoms with van der Waals surface area (Å²) >= 11 is 0. The van der Waals surface area contributed by atoms with E-state index >= 15 is 0 Å². The molecule has 0 aromatic heterocycles. The molecule has 81 valence electrons. The predicted molar refractivity (Wildman–Crippen MR) is 54.1 cm³/mol. The van der Waals surface area contributed by atoms with Gasteiger partial charge in [0, 0.05) is 0 Å². The molecule has 4 heteroatoms. The molecule has 1 radical (unpaired) electrons. The summed E-state index contributed by atoms with van der Waals surface area (Å²) in [6, 6.07) is 6.78. The normalized spacial score (nSPS) is 10.1. The van der Waals surface area contributed by atoms with E-state index in [1.54, 1.807) is 38.1 Å². The van der Waals surface area contributed by atoms with Crippen LogP contribution in [0, 0.1) is 6.10 Å². The molecule has 1 aromatic rings. The number of carbonyl (C=O) groups excluding carboxylic acids is 1. The van der Waals surface area contributed by atoms with E-state index in [1.807, 2.05) is 0 Å². The molecular formula is C11H13O4. The highest BCUT2D eigenvalue weighted by molar-refractivity contribution is 5.92. The van der Waals surface area contributed by atoms with Crippen molar-refractivity contribution in [3.63, 3.8) is 0 Å². The SMILES string of the molecule is COc1ccccc1C(=O)OO[C](C)C.